The summed E-state index contributed by atoms with van der Waals surface area (Å²) in [4.78, 5) is 14.1. The first-order chi connectivity index (χ1) is 9.58. The van der Waals surface area contributed by atoms with Crippen LogP contribution in [-0.2, 0) is 11.3 Å². The van der Waals surface area contributed by atoms with Crippen LogP contribution in [0.25, 0.3) is 0 Å². The number of amides is 1. The van der Waals surface area contributed by atoms with Gasteiger partial charge in [-0.1, -0.05) is 18.2 Å². The molecule has 0 heterocycles. The van der Waals surface area contributed by atoms with Crippen molar-refractivity contribution in [1.29, 1.82) is 0 Å². The van der Waals surface area contributed by atoms with Crippen LogP contribution in [0.1, 0.15) is 25.8 Å². The molecule has 0 aliphatic carbocycles. The second-order valence-electron chi connectivity index (χ2n) is 5.05. The summed E-state index contributed by atoms with van der Waals surface area (Å²) in [5.41, 5.74) is 7.34. The minimum absolute atomic E-state index is 0.0578. The molecule has 4 N–H and O–H groups in total. The molecule has 1 rings (SSSR count). The number of carbonyl (C=O) groups is 1. The van der Waals surface area contributed by atoms with E-state index in [0.29, 0.717) is 26.1 Å². The standard InChI is InChI=1S/C15H25N3O2/c1-12(2)18(8-5-9-19)11-15(20)17-14-7-4-3-6-13(14)10-16/h3-4,6-7,12,19H,5,8-11,16H2,1-2H3,(H,17,20). The van der Waals surface area contributed by atoms with Gasteiger partial charge in [0.25, 0.3) is 0 Å². The first-order valence-corrected chi connectivity index (χ1v) is 7.01. The van der Waals surface area contributed by atoms with Gasteiger partial charge in [0.2, 0.25) is 5.91 Å². The van der Waals surface area contributed by atoms with Gasteiger partial charge in [0.05, 0.1) is 6.54 Å². The molecule has 0 fully saturated rings. The predicted octanol–water partition coefficient (Wildman–Crippen LogP) is 1.18. The number of hydrogen-bond donors (Lipinski definition) is 3. The van der Waals surface area contributed by atoms with Crippen LogP contribution in [0.4, 0.5) is 5.69 Å². The Morgan fingerprint density at radius 1 is 1.40 bits per heavy atom. The Hall–Kier alpha value is -1.43. The number of para-hydroxylation sites is 1. The van der Waals surface area contributed by atoms with Crippen LogP contribution < -0.4 is 11.1 Å². The zero-order valence-electron chi connectivity index (χ0n) is 12.3. The molecule has 20 heavy (non-hydrogen) atoms. The van der Waals surface area contributed by atoms with Crippen molar-refractivity contribution in [2.75, 3.05) is 25.0 Å². The molecule has 1 aromatic carbocycles. The SMILES string of the molecule is CC(C)N(CCCO)CC(=O)Nc1ccccc1CN. The van der Waals surface area contributed by atoms with Gasteiger partial charge in [-0.25, -0.2) is 0 Å². The molecule has 0 unspecified atom stereocenters. The van der Waals surface area contributed by atoms with Gasteiger partial charge in [-0.15, -0.1) is 0 Å². The zero-order chi connectivity index (χ0) is 15.0. The fraction of sp³-hybridized carbons (Fsp3) is 0.533. The number of nitrogens with two attached hydrogens (primary N) is 1. The zero-order valence-corrected chi connectivity index (χ0v) is 12.3. The lowest BCUT2D eigenvalue weighted by molar-refractivity contribution is -0.117. The number of nitrogens with zero attached hydrogens (tertiary/aromatic N) is 1. The number of nitrogens with one attached hydrogen (secondary N) is 1. The smallest absolute Gasteiger partial charge is 0.238 e. The average Bonchev–Trinajstić information content (AvgIpc) is 2.43. The van der Waals surface area contributed by atoms with E-state index in [4.69, 9.17) is 10.8 Å². The Morgan fingerprint density at radius 2 is 2.10 bits per heavy atom. The molecule has 1 amide bonds. The van der Waals surface area contributed by atoms with Crippen LogP contribution in [0.2, 0.25) is 0 Å². The predicted molar refractivity (Wildman–Crippen MR) is 81.4 cm³/mol. The van der Waals surface area contributed by atoms with Gasteiger partial charge < -0.3 is 16.2 Å². The summed E-state index contributed by atoms with van der Waals surface area (Å²) in [5.74, 6) is -0.0578. The third-order valence-corrected chi connectivity index (χ3v) is 3.19. The van der Waals surface area contributed by atoms with Gasteiger partial charge in [-0.2, -0.15) is 0 Å². The van der Waals surface area contributed by atoms with Crippen molar-refractivity contribution in [2.24, 2.45) is 5.73 Å². The van der Waals surface area contributed by atoms with E-state index in [1.807, 2.05) is 43.0 Å². The molecule has 5 nitrogen and oxygen atoms in total. The maximum absolute atomic E-state index is 12.1. The third-order valence-electron chi connectivity index (χ3n) is 3.19. The van der Waals surface area contributed by atoms with Crippen molar-refractivity contribution in [3.8, 4) is 0 Å². The van der Waals surface area contributed by atoms with Crippen molar-refractivity contribution >= 4 is 11.6 Å². The molecule has 0 aliphatic heterocycles. The second kappa shape index (κ2) is 8.68. The first-order valence-electron chi connectivity index (χ1n) is 7.01. The van der Waals surface area contributed by atoms with E-state index in [2.05, 4.69) is 5.32 Å². The molecule has 5 heteroatoms. The number of benzene rings is 1. The van der Waals surface area contributed by atoms with E-state index in [9.17, 15) is 4.79 Å². The Labute approximate surface area is 120 Å². The van der Waals surface area contributed by atoms with Crippen LogP contribution in [0.3, 0.4) is 0 Å². The number of carbonyl (C=O) groups excluding carboxylic acids is 1. The topological polar surface area (TPSA) is 78.6 Å². The highest BCUT2D eigenvalue weighted by Gasteiger charge is 2.14. The molecule has 0 aliphatic rings. The Kier molecular flexibility index (Phi) is 7.22. The van der Waals surface area contributed by atoms with Gasteiger partial charge in [-0.3, -0.25) is 9.69 Å². The highest BCUT2D eigenvalue weighted by Crippen LogP contribution is 2.14. The summed E-state index contributed by atoms with van der Waals surface area (Å²) in [6.07, 6.45) is 0.671. The lowest BCUT2D eigenvalue weighted by Crippen LogP contribution is -2.39. The fourth-order valence-electron chi connectivity index (χ4n) is 1.99. The summed E-state index contributed by atoms with van der Waals surface area (Å²) in [6.45, 7) is 5.64. The van der Waals surface area contributed by atoms with Gasteiger partial charge in [0.1, 0.15) is 0 Å². The van der Waals surface area contributed by atoms with Crippen LogP contribution in [0.5, 0.6) is 0 Å². The van der Waals surface area contributed by atoms with Crippen LogP contribution in [-0.4, -0.2) is 41.7 Å². The molecule has 0 bridgehead atoms. The van der Waals surface area contributed by atoms with Crippen molar-refractivity contribution in [3.63, 3.8) is 0 Å². The molecular formula is C15H25N3O2. The summed E-state index contributed by atoms with van der Waals surface area (Å²) < 4.78 is 0. The van der Waals surface area contributed by atoms with Crippen LogP contribution in [0, 0.1) is 0 Å². The van der Waals surface area contributed by atoms with E-state index in [1.165, 1.54) is 0 Å². The van der Waals surface area contributed by atoms with E-state index >= 15 is 0 Å². The van der Waals surface area contributed by atoms with Gasteiger partial charge in [0.15, 0.2) is 0 Å². The lowest BCUT2D eigenvalue weighted by atomic mass is 10.2. The summed E-state index contributed by atoms with van der Waals surface area (Å²) in [5, 5.41) is 11.8. The Bertz CT molecular complexity index is 421. The molecule has 0 saturated carbocycles. The van der Waals surface area contributed by atoms with Crippen LogP contribution >= 0.6 is 0 Å². The molecule has 0 radical (unpaired) electrons. The molecular weight excluding hydrogens is 254 g/mol. The van der Waals surface area contributed by atoms with Crippen molar-refractivity contribution in [2.45, 2.75) is 32.9 Å². The van der Waals surface area contributed by atoms with E-state index < -0.39 is 0 Å². The summed E-state index contributed by atoms with van der Waals surface area (Å²) >= 11 is 0. The number of rotatable bonds is 8. The first kappa shape index (κ1) is 16.6. The summed E-state index contributed by atoms with van der Waals surface area (Å²) in [7, 11) is 0. The number of anilines is 1. The second-order valence-corrected chi connectivity index (χ2v) is 5.05. The van der Waals surface area contributed by atoms with Crippen molar-refractivity contribution in [3.05, 3.63) is 29.8 Å². The lowest BCUT2D eigenvalue weighted by Gasteiger charge is -2.25. The van der Waals surface area contributed by atoms with E-state index in [0.717, 1.165) is 11.3 Å². The van der Waals surface area contributed by atoms with Gasteiger partial charge in [-0.05, 0) is 31.9 Å². The van der Waals surface area contributed by atoms with Crippen molar-refractivity contribution < 1.29 is 9.90 Å². The highest BCUT2D eigenvalue weighted by atomic mass is 16.3. The molecule has 0 saturated heterocycles. The van der Waals surface area contributed by atoms with E-state index in [1.54, 1.807) is 0 Å². The average molecular weight is 279 g/mol. The third kappa shape index (κ3) is 5.28. The fourth-order valence-corrected chi connectivity index (χ4v) is 1.99. The normalized spacial score (nSPS) is 11.1. The quantitative estimate of drug-likeness (QED) is 0.667. The van der Waals surface area contributed by atoms with E-state index in [-0.39, 0.29) is 18.6 Å². The largest absolute Gasteiger partial charge is 0.396 e. The molecule has 0 spiro atoms. The highest BCUT2D eigenvalue weighted by molar-refractivity contribution is 5.93. The number of aliphatic hydroxyl groups is 1. The number of aliphatic hydroxyl groups excluding tert-OH is 1. The maximum atomic E-state index is 12.1. The molecule has 112 valence electrons. The minimum Gasteiger partial charge on any atom is -0.396 e. The van der Waals surface area contributed by atoms with Crippen LogP contribution in [0.15, 0.2) is 24.3 Å². The van der Waals surface area contributed by atoms with Gasteiger partial charge >= 0.3 is 0 Å². The molecule has 1 aromatic rings. The summed E-state index contributed by atoms with van der Waals surface area (Å²) in [6, 6.07) is 7.80. The minimum atomic E-state index is -0.0578. The van der Waals surface area contributed by atoms with Crippen molar-refractivity contribution in [1.82, 2.24) is 4.90 Å². The monoisotopic (exact) mass is 279 g/mol. The number of hydrogen-bond acceptors (Lipinski definition) is 4. The Balaban J connectivity index is 2.61. The molecule has 0 atom stereocenters. The maximum Gasteiger partial charge on any atom is 0.238 e. The van der Waals surface area contributed by atoms with Gasteiger partial charge in [0, 0.05) is 31.4 Å². The molecule has 0 aromatic heterocycles. The Morgan fingerprint density at radius 3 is 2.70 bits per heavy atom.